The first-order chi connectivity index (χ1) is 18.1. The summed E-state index contributed by atoms with van der Waals surface area (Å²) < 4.78 is 7.90. The molecule has 184 valence electrons. The van der Waals surface area contributed by atoms with Gasteiger partial charge in [-0.15, -0.1) is 0 Å². The molecule has 6 heteroatoms. The molecule has 3 heterocycles. The monoisotopic (exact) mass is 504 g/mol. The summed E-state index contributed by atoms with van der Waals surface area (Å²) in [6.07, 6.45) is 1.84. The normalized spacial score (nSPS) is 17.3. The van der Waals surface area contributed by atoms with Gasteiger partial charge in [-0.2, -0.15) is 0 Å². The molecule has 2 aromatic heterocycles. The molecule has 0 spiro atoms. The first-order valence-corrected chi connectivity index (χ1v) is 12.8. The molecule has 0 bridgehead atoms. The van der Waals surface area contributed by atoms with Gasteiger partial charge in [0.25, 0.3) is 0 Å². The molecule has 2 atom stereocenters. The van der Waals surface area contributed by atoms with Gasteiger partial charge in [0, 0.05) is 34.7 Å². The van der Waals surface area contributed by atoms with Gasteiger partial charge in [0.05, 0.1) is 30.6 Å². The molecule has 0 amide bonds. The van der Waals surface area contributed by atoms with E-state index in [0.717, 1.165) is 17.1 Å². The summed E-state index contributed by atoms with van der Waals surface area (Å²) in [5, 5.41) is 6.70. The van der Waals surface area contributed by atoms with Gasteiger partial charge in [0.15, 0.2) is 5.11 Å². The van der Waals surface area contributed by atoms with Crippen molar-refractivity contribution < 1.29 is 4.74 Å². The van der Waals surface area contributed by atoms with Crippen molar-refractivity contribution in [3.63, 3.8) is 0 Å². The lowest BCUT2D eigenvalue weighted by atomic mass is 9.96. The lowest BCUT2D eigenvalue weighted by Gasteiger charge is -2.28. The molecular weight excluding hydrogens is 476 g/mol. The van der Waals surface area contributed by atoms with Crippen LogP contribution in [0.1, 0.15) is 34.7 Å². The van der Waals surface area contributed by atoms with Crippen molar-refractivity contribution in [3.05, 3.63) is 120 Å². The third-order valence-corrected chi connectivity index (χ3v) is 7.54. The predicted octanol–water partition coefficient (Wildman–Crippen LogP) is 6.83. The molecule has 1 N–H and O–H groups in total. The lowest BCUT2D eigenvalue weighted by molar-refractivity contribution is 0.415. The van der Waals surface area contributed by atoms with Crippen LogP contribution in [0.15, 0.2) is 97.2 Å². The first kappa shape index (κ1) is 23.3. The van der Waals surface area contributed by atoms with Crippen LogP contribution in [-0.2, 0) is 0 Å². The van der Waals surface area contributed by atoms with E-state index in [1.54, 1.807) is 7.11 Å². The summed E-state index contributed by atoms with van der Waals surface area (Å²) in [5.74, 6) is 0.793. The van der Waals surface area contributed by atoms with Crippen LogP contribution in [0.3, 0.4) is 0 Å². The van der Waals surface area contributed by atoms with E-state index >= 15 is 0 Å². The second-order valence-electron chi connectivity index (χ2n) is 9.36. The van der Waals surface area contributed by atoms with Crippen molar-refractivity contribution in [1.29, 1.82) is 0 Å². The number of rotatable bonds is 5. The highest BCUT2D eigenvalue weighted by molar-refractivity contribution is 7.80. The smallest absolute Gasteiger partial charge is 0.174 e. The van der Waals surface area contributed by atoms with E-state index in [-0.39, 0.29) is 12.1 Å². The molecule has 0 saturated carbocycles. The summed E-state index contributed by atoms with van der Waals surface area (Å²) in [4.78, 5) is 6.91. The molecule has 1 fully saturated rings. The van der Waals surface area contributed by atoms with E-state index in [4.69, 9.17) is 21.9 Å². The highest BCUT2D eigenvalue weighted by Crippen LogP contribution is 2.44. The van der Waals surface area contributed by atoms with Crippen LogP contribution in [-0.4, -0.2) is 21.8 Å². The van der Waals surface area contributed by atoms with Crippen molar-refractivity contribution in [2.45, 2.75) is 25.9 Å². The molecule has 5 nitrogen and oxygen atoms in total. The van der Waals surface area contributed by atoms with Gasteiger partial charge in [-0.25, -0.2) is 0 Å². The first-order valence-electron chi connectivity index (χ1n) is 12.4. The molecule has 37 heavy (non-hydrogen) atoms. The summed E-state index contributed by atoms with van der Waals surface area (Å²) in [7, 11) is 1.69. The van der Waals surface area contributed by atoms with Crippen LogP contribution in [0.5, 0.6) is 5.75 Å². The minimum absolute atomic E-state index is 0.0931. The Labute approximate surface area is 222 Å². The number of fused-ring (bicyclic) bond motifs is 1. The summed E-state index contributed by atoms with van der Waals surface area (Å²) in [6, 6.07) is 31.2. The zero-order valence-corrected chi connectivity index (χ0v) is 21.9. The standard InChI is InChI=1S/C31H28N4OS/c1-20-18-26(21(2)34(20)28-16-8-11-22-10-4-5-14-25(22)28)30-29(27-15-6-7-17-32-27)33-31(37)35(30)23-12-9-13-24(19-23)36-3/h4-19,29-30H,1-3H3,(H,33,37)/t29-,30+/m1/s1. The Bertz CT molecular complexity index is 1610. The largest absolute Gasteiger partial charge is 0.497 e. The van der Waals surface area contributed by atoms with Crippen LogP contribution in [0.2, 0.25) is 0 Å². The maximum atomic E-state index is 5.94. The Morgan fingerprint density at radius 2 is 1.68 bits per heavy atom. The zero-order chi connectivity index (χ0) is 25.5. The maximum absolute atomic E-state index is 5.94. The van der Waals surface area contributed by atoms with Crippen molar-refractivity contribution in [1.82, 2.24) is 14.9 Å². The maximum Gasteiger partial charge on any atom is 0.174 e. The number of nitrogens with one attached hydrogen (secondary N) is 1. The molecular formula is C31H28N4OS. The van der Waals surface area contributed by atoms with Crippen LogP contribution in [0.4, 0.5) is 5.69 Å². The number of methoxy groups -OCH3 is 1. The number of nitrogens with zero attached hydrogens (tertiary/aromatic N) is 3. The Hall–Kier alpha value is -4.16. The van der Waals surface area contributed by atoms with E-state index in [1.165, 1.54) is 33.4 Å². The van der Waals surface area contributed by atoms with Crippen LogP contribution in [0.25, 0.3) is 16.5 Å². The zero-order valence-electron chi connectivity index (χ0n) is 21.1. The minimum Gasteiger partial charge on any atom is -0.497 e. The van der Waals surface area contributed by atoms with Crippen LogP contribution in [0, 0.1) is 13.8 Å². The number of hydrogen-bond donors (Lipinski definition) is 1. The fraction of sp³-hybridized carbons (Fsp3) is 0.161. The van der Waals surface area contributed by atoms with Gasteiger partial charge in [0.1, 0.15) is 5.75 Å². The van der Waals surface area contributed by atoms with Crippen molar-refractivity contribution >= 4 is 33.8 Å². The summed E-state index contributed by atoms with van der Waals surface area (Å²) >= 11 is 5.94. The number of hydrogen-bond acceptors (Lipinski definition) is 3. The number of anilines is 1. The molecule has 3 aromatic carbocycles. The number of pyridine rings is 1. The highest BCUT2D eigenvalue weighted by Gasteiger charge is 2.42. The average Bonchev–Trinajstić information content (AvgIpc) is 3.43. The number of aryl methyl sites for hydroxylation is 1. The molecule has 0 radical (unpaired) electrons. The Kier molecular flexibility index (Phi) is 5.89. The van der Waals surface area contributed by atoms with Crippen molar-refractivity contribution in [2.75, 3.05) is 12.0 Å². The average molecular weight is 505 g/mol. The molecule has 1 saturated heterocycles. The molecule has 1 aliphatic rings. The topological polar surface area (TPSA) is 42.3 Å². The molecule has 6 rings (SSSR count). The lowest BCUT2D eigenvalue weighted by Crippen LogP contribution is -2.29. The van der Waals surface area contributed by atoms with Gasteiger partial charge >= 0.3 is 0 Å². The summed E-state index contributed by atoms with van der Waals surface area (Å²) in [6.45, 7) is 4.37. The second kappa shape index (κ2) is 9.37. The molecule has 0 unspecified atom stereocenters. The Morgan fingerprint density at radius 3 is 2.49 bits per heavy atom. The Balaban J connectivity index is 1.55. The van der Waals surface area contributed by atoms with Gasteiger partial charge in [-0.3, -0.25) is 4.98 Å². The fourth-order valence-corrected chi connectivity index (χ4v) is 5.92. The van der Waals surface area contributed by atoms with Gasteiger partial charge in [-0.05, 0) is 73.4 Å². The third-order valence-electron chi connectivity index (χ3n) is 7.23. The van der Waals surface area contributed by atoms with E-state index in [2.05, 4.69) is 89.3 Å². The predicted molar refractivity (Wildman–Crippen MR) is 154 cm³/mol. The molecule has 1 aliphatic heterocycles. The van der Waals surface area contributed by atoms with Gasteiger partial charge in [-0.1, -0.05) is 48.5 Å². The van der Waals surface area contributed by atoms with Crippen LogP contribution < -0.4 is 15.0 Å². The third kappa shape index (κ3) is 3.94. The number of thiocarbonyl (C=S) groups is 1. The SMILES string of the molecule is COc1cccc(N2C(=S)N[C@H](c3ccccn3)[C@@H]2c2cc(C)n(-c3cccc4ccccc34)c2C)c1. The number of benzene rings is 3. The number of ether oxygens (including phenoxy) is 1. The van der Waals surface area contributed by atoms with E-state index in [0.29, 0.717) is 5.11 Å². The van der Waals surface area contributed by atoms with E-state index in [1.807, 2.05) is 36.5 Å². The molecule has 5 aromatic rings. The Morgan fingerprint density at radius 1 is 0.892 bits per heavy atom. The molecule has 0 aliphatic carbocycles. The van der Waals surface area contributed by atoms with Crippen molar-refractivity contribution in [3.8, 4) is 11.4 Å². The number of aromatic nitrogens is 2. The van der Waals surface area contributed by atoms with Crippen LogP contribution >= 0.6 is 12.2 Å². The minimum atomic E-state index is -0.110. The van der Waals surface area contributed by atoms with Crippen molar-refractivity contribution in [2.24, 2.45) is 0 Å². The second-order valence-corrected chi connectivity index (χ2v) is 9.74. The fourth-order valence-electron chi connectivity index (χ4n) is 5.57. The van der Waals surface area contributed by atoms with E-state index in [9.17, 15) is 0 Å². The van der Waals surface area contributed by atoms with Gasteiger partial charge < -0.3 is 19.5 Å². The summed E-state index contributed by atoms with van der Waals surface area (Å²) in [5.41, 5.74) is 6.67. The highest BCUT2D eigenvalue weighted by atomic mass is 32.1. The van der Waals surface area contributed by atoms with E-state index < -0.39 is 0 Å². The quantitative estimate of drug-likeness (QED) is 0.266. The van der Waals surface area contributed by atoms with Gasteiger partial charge in [0.2, 0.25) is 0 Å².